The number of aryl methyl sites for hydroxylation is 1. The van der Waals surface area contributed by atoms with Crippen molar-refractivity contribution in [3.8, 4) is 11.1 Å². The normalized spacial score (nSPS) is 10.3. The molecule has 0 saturated heterocycles. The first-order chi connectivity index (χ1) is 7.20. The average molecular weight is 262 g/mol. The lowest BCUT2D eigenvalue weighted by Crippen LogP contribution is -1.93. The molecule has 2 rings (SSSR count). The van der Waals surface area contributed by atoms with Crippen molar-refractivity contribution in [1.82, 2.24) is 0 Å². The van der Waals surface area contributed by atoms with E-state index in [4.69, 9.17) is 5.73 Å². The lowest BCUT2D eigenvalue weighted by Gasteiger charge is -2.10. The van der Waals surface area contributed by atoms with E-state index in [0.717, 1.165) is 21.3 Å². The van der Waals surface area contributed by atoms with Gasteiger partial charge in [0.1, 0.15) is 0 Å². The quantitative estimate of drug-likeness (QED) is 0.772. The molecule has 2 aromatic carbocycles. The molecule has 0 aliphatic heterocycles. The van der Waals surface area contributed by atoms with Gasteiger partial charge in [-0.3, -0.25) is 0 Å². The van der Waals surface area contributed by atoms with Crippen LogP contribution in [-0.4, -0.2) is 0 Å². The highest BCUT2D eigenvalue weighted by molar-refractivity contribution is 9.10. The van der Waals surface area contributed by atoms with E-state index in [9.17, 15) is 0 Å². The second-order valence-electron chi connectivity index (χ2n) is 3.52. The monoisotopic (exact) mass is 261 g/mol. The summed E-state index contributed by atoms with van der Waals surface area (Å²) in [5.41, 5.74) is 10.3. The van der Waals surface area contributed by atoms with E-state index in [1.54, 1.807) is 0 Å². The number of rotatable bonds is 1. The van der Waals surface area contributed by atoms with Crippen LogP contribution in [0.5, 0.6) is 0 Å². The van der Waals surface area contributed by atoms with Gasteiger partial charge in [0.15, 0.2) is 0 Å². The Hall–Kier alpha value is -1.28. The Morgan fingerprint density at radius 3 is 2.40 bits per heavy atom. The molecule has 0 aromatic heterocycles. The van der Waals surface area contributed by atoms with Crippen LogP contribution in [0.2, 0.25) is 0 Å². The van der Waals surface area contributed by atoms with Gasteiger partial charge < -0.3 is 5.73 Å². The highest BCUT2D eigenvalue weighted by Gasteiger charge is 2.08. The number of halogens is 1. The summed E-state index contributed by atoms with van der Waals surface area (Å²) in [7, 11) is 0. The van der Waals surface area contributed by atoms with Gasteiger partial charge in [0.2, 0.25) is 0 Å². The highest BCUT2D eigenvalue weighted by Crippen LogP contribution is 2.34. The van der Waals surface area contributed by atoms with Crippen molar-refractivity contribution in [2.75, 3.05) is 5.73 Å². The van der Waals surface area contributed by atoms with E-state index >= 15 is 0 Å². The Labute approximate surface area is 98.1 Å². The number of benzene rings is 2. The Balaban J connectivity index is 2.69. The molecule has 0 aliphatic carbocycles. The summed E-state index contributed by atoms with van der Waals surface area (Å²) in [5, 5.41) is 0. The summed E-state index contributed by atoms with van der Waals surface area (Å²) in [6.07, 6.45) is 0. The number of hydrogen-bond acceptors (Lipinski definition) is 1. The van der Waals surface area contributed by atoms with E-state index in [0.29, 0.717) is 0 Å². The fourth-order valence-corrected chi connectivity index (χ4v) is 2.21. The first kappa shape index (κ1) is 10.2. The summed E-state index contributed by atoms with van der Waals surface area (Å²) < 4.78 is 1.08. The van der Waals surface area contributed by atoms with Crippen LogP contribution in [0.15, 0.2) is 46.9 Å². The maximum atomic E-state index is 6.00. The molecule has 2 heteroatoms. The predicted molar refractivity (Wildman–Crippen MR) is 68.7 cm³/mol. The summed E-state index contributed by atoms with van der Waals surface area (Å²) in [5.74, 6) is 0. The third kappa shape index (κ3) is 1.90. The molecule has 0 atom stereocenters. The van der Waals surface area contributed by atoms with Crippen molar-refractivity contribution >= 4 is 21.6 Å². The van der Waals surface area contributed by atoms with Gasteiger partial charge in [0, 0.05) is 15.7 Å². The van der Waals surface area contributed by atoms with Gasteiger partial charge in [-0.15, -0.1) is 0 Å². The zero-order valence-corrected chi connectivity index (χ0v) is 10.1. The number of nitrogen functional groups attached to an aromatic ring is 1. The SMILES string of the molecule is Cc1cccc(N)c1-c1ccccc1Br. The number of nitrogens with two attached hydrogens (primary N) is 1. The van der Waals surface area contributed by atoms with Crippen LogP contribution in [0.4, 0.5) is 5.69 Å². The topological polar surface area (TPSA) is 26.0 Å². The van der Waals surface area contributed by atoms with Crippen LogP contribution in [0.1, 0.15) is 5.56 Å². The third-order valence-electron chi connectivity index (χ3n) is 2.45. The molecule has 0 amide bonds. The molecule has 0 spiro atoms. The first-order valence-electron chi connectivity index (χ1n) is 4.80. The third-order valence-corrected chi connectivity index (χ3v) is 3.14. The molecule has 0 saturated carbocycles. The molecule has 2 aromatic rings. The average Bonchev–Trinajstić information content (AvgIpc) is 2.20. The van der Waals surface area contributed by atoms with Gasteiger partial charge in [-0.05, 0) is 30.2 Å². The molecule has 0 heterocycles. The first-order valence-corrected chi connectivity index (χ1v) is 5.59. The number of anilines is 1. The van der Waals surface area contributed by atoms with Crippen LogP contribution in [0.3, 0.4) is 0 Å². The van der Waals surface area contributed by atoms with Crippen LogP contribution < -0.4 is 5.73 Å². The van der Waals surface area contributed by atoms with Crippen molar-refractivity contribution in [1.29, 1.82) is 0 Å². The summed E-state index contributed by atoms with van der Waals surface area (Å²) >= 11 is 3.55. The Kier molecular flexibility index (Phi) is 2.78. The van der Waals surface area contributed by atoms with Gasteiger partial charge in [-0.25, -0.2) is 0 Å². The molecule has 1 nitrogen and oxygen atoms in total. The second-order valence-corrected chi connectivity index (χ2v) is 4.37. The molecule has 0 aliphatic rings. The zero-order chi connectivity index (χ0) is 10.8. The fraction of sp³-hybridized carbons (Fsp3) is 0.0769. The molecule has 0 radical (unpaired) electrons. The molecule has 0 fully saturated rings. The van der Waals surface area contributed by atoms with Crippen molar-refractivity contribution in [3.05, 3.63) is 52.5 Å². The van der Waals surface area contributed by atoms with Crippen molar-refractivity contribution in [2.45, 2.75) is 6.92 Å². The summed E-state index contributed by atoms with van der Waals surface area (Å²) in [6.45, 7) is 2.07. The van der Waals surface area contributed by atoms with Crippen LogP contribution in [0, 0.1) is 6.92 Å². The molecule has 2 N–H and O–H groups in total. The zero-order valence-electron chi connectivity index (χ0n) is 8.50. The Morgan fingerprint density at radius 1 is 1.00 bits per heavy atom. The van der Waals surface area contributed by atoms with E-state index in [1.807, 2.05) is 30.3 Å². The predicted octanol–water partition coefficient (Wildman–Crippen LogP) is 4.01. The smallest absolute Gasteiger partial charge is 0.0396 e. The Morgan fingerprint density at radius 2 is 1.73 bits per heavy atom. The minimum Gasteiger partial charge on any atom is -0.398 e. The largest absolute Gasteiger partial charge is 0.398 e. The minimum absolute atomic E-state index is 0.821. The van der Waals surface area contributed by atoms with Gasteiger partial charge in [0.25, 0.3) is 0 Å². The van der Waals surface area contributed by atoms with Crippen molar-refractivity contribution in [2.24, 2.45) is 0 Å². The van der Waals surface area contributed by atoms with Gasteiger partial charge in [0.05, 0.1) is 0 Å². The molecular weight excluding hydrogens is 250 g/mol. The van der Waals surface area contributed by atoms with E-state index in [2.05, 4.69) is 35.0 Å². The Bertz CT molecular complexity index is 471. The lowest BCUT2D eigenvalue weighted by atomic mass is 9.99. The molecule has 0 unspecified atom stereocenters. The van der Waals surface area contributed by atoms with Crippen LogP contribution in [0.25, 0.3) is 11.1 Å². The maximum Gasteiger partial charge on any atom is 0.0396 e. The van der Waals surface area contributed by atoms with Gasteiger partial charge >= 0.3 is 0 Å². The van der Waals surface area contributed by atoms with Crippen LogP contribution in [-0.2, 0) is 0 Å². The van der Waals surface area contributed by atoms with Crippen molar-refractivity contribution in [3.63, 3.8) is 0 Å². The molecular formula is C13H12BrN. The standard InChI is InChI=1S/C13H12BrN/c1-9-5-4-8-12(15)13(9)10-6-2-3-7-11(10)14/h2-8H,15H2,1H3. The highest BCUT2D eigenvalue weighted by atomic mass is 79.9. The van der Waals surface area contributed by atoms with Crippen molar-refractivity contribution < 1.29 is 0 Å². The van der Waals surface area contributed by atoms with Gasteiger partial charge in [-0.1, -0.05) is 46.3 Å². The lowest BCUT2D eigenvalue weighted by molar-refractivity contribution is 1.45. The number of hydrogen-bond donors (Lipinski definition) is 1. The fourth-order valence-electron chi connectivity index (χ4n) is 1.72. The van der Waals surface area contributed by atoms with Gasteiger partial charge in [-0.2, -0.15) is 0 Å². The van der Waals surface area contributed by atoms with Crippen LogP contribution >= 0.6 is 15.9 Å². The second kappa shape index (κ2) is 4.07. The molecule has 0 bridgehead atoms. The van der Waals surface area contributed by atoms with E-state index < -0.39 is 0 Å². The van der Waals surface area contributed by atoms with E-state index in [-0.39, 0.29) is 0 Å². The summed E-state index contributed by atoms with van der Waals surface area (Å²) in [4.78, 5) is 0. The summed E-state index contributed by atoms with van der Waals surface area (Å²) in [6, 6.07) is 14.1. The molecule has 15 heavy (non-hydrogen) atoms. The maximum absolute atomic E-state index is 6.00. The molecule has 76 valence electrons. The minimum atomic E-state index is 0.821. The van der Waals surface area contributed by atoms with E-state index in [1.165, 1.54) is 5.56 Å².